The third-order valence-corrected chi connectivity index (χ3v) is 12.7. The van der Waals surface area contributed by atoms with Crippen LogP contribution in [0.3, 0.4) is 0 Å². The monoisotopic (exact) mass is 845 g/mol. The molecule has 1 radical (unpaired) electrons. The summed E-state index contributed by atoms with van der Waals surface area (Å²) in [6.07, 6.45) is 3.87. The Hall–Kier alpha value is -4.41. The molecule has 6 aromatic carbocycles. The van der Waals surface area contributed by atoms with Gasteiger partial charge in [-0.05, 0) is 11.8 Å². The average molecular weight is 844 g/mol. The van der Waals surface area contributed by atoms with Crippen LogP contribution in [-0.2, 0) is 20.1 Å². The molecule has 0 N–H and O–H groups in total. The minimum Gasteiger partial charge on any atom is -0.305 e. The van der Waals surface area contributed by atoms with Crippen molar-refractivity contribution >= 4 is 50.0 Å². The van der Waals surface area contributed by atoms with Crippen molar-refractivity contribution in [1.29, 1.82) is 0 Å². The van der Waals surface area contributed by atoms with E-state index in [1.165, 1.54) is 47.8 Å². The number of hydrogen-bond donors (Lipinski definition) is 0. The molecule has 2 aromatic heterocycles. The summed E-state index contributed by atoms with van der Waals surface area (Å²) >= 11 is -1.89. The Morgan fingerprint density at radius 3 is 1.85 bits per heavy atom. The number of pyridine rings is 2. The van der Waals surface area contributed by atoms with Crippen molar-refractivity contribution in [2.24, 2.45) is 0 Å². The molecular formula is C43H34GeIrN2-2. The first-order valence-electron chi connectivity index (χ1n) is 15.7. The Labute approximate surface area is 293 Å². The first-order valence-corrected chi connectivity index (χ1v) is 23.0. The van der Waals surface area contributed by atoms with Crippen LogP contribution in [0.4, 0.5) is 0 Å². The van der Waals surface area contributed by atoms with Crippen LogP contribution < -0.4 is 4.40 Å². The summed E-state index contributed by atoms with van der Waals surface area (Å²) in [6, 6.07) is 55.4. The zero-order valence-corrected chi connectivity index (χ0v) is 31.2. The van der Waals surface area contributed by atoms with Crippen molar-refractivity contribution in [3.63, 3.8) is 0 Å². The summed E-state index contributed by atoms with van der Waals surface area (Å²) in [5.41, 5.74) is 6.51. The maximum atomic E-state index is 4.85. The van der Waals surface area contributed by atoms with Gasteiger partial charge in [0.15, 0.2) is 0 Å². The summed E-state index contributed by atoms with van der Waals surface area (Å²) in [5, 5.41) is 7.59. The van der Waals surface area contributed by atoms with Crippen LogP contribution in [0.1, 0.15) is 0 Å². The van der Waals surface area contributed by atoms with Crippen molar-refractivity contribution in [2.75, 3.05) is 0 Å². The minimum absolute atomic E-state index is 0. The van der Waals surface area contributed by atoms with Gasteiger partial charge in [-0.3, -0.25) is 0 Å². The van der Waals surface area contributed by atoms with E-state index in [2.05, 4.69) is 138 Å². The SMILES string of the molecule is [CH3][Ge]([CH3])([CH3])[c]1ccc(-c2[c-]cc3c4ccccc4c4ccc(-c5ccccc5)cc4c3c2)nc1.[Ir].[c-]1ccccc1-c1ccccn1. The van der Waals surface area contributed by atoms with Crippen LogP contribution in [0.5, 0.6) is 0 Å². The molecule has 47 heavy (non-hydrogen) atoms. The van der Waals surface area contributed by atoms with Gasteiger partial charge in [-0.15, -0.1) is 35.9 Å². The Bertz CT molecular complexity index is 2230. The van der Waals surface area contributed by atoms with Gasteiger partial charge >= 0.3 is 186 Å². The Kier molecular flexibility index (Phi) is 9.79. The van der Waals surface area contributed by atoms with Crippen molar-refractivity contribution in [1.82, 2.24) is 9.97 Å². The fraction of sp³-hybridized carbons (Fsp3) is 0.0698. The van der Waals surface area contributed by atoms with Crippen molar-refractivity contribution < 1.29 is 20.1 Å². The molecular weight excluding hydrogens is 809 g/mol. The normalized spacial score (nSPS) is 11.1. The van der Waals surface area contributed by atoms with E-state index in [-0.39, 0.29) is 20.1 Å². The van der Waals surface area contributed by atoms with E-state index in [1.807, 2.05) is 42.5 Å². The van der Waals surface area contributed by atoms with Gasteiger partial charge in [-0.25, -0.2) is 0 Å². The molecule has 4 heteroatoms. The maximum absolute atomic E-state index is 4.85. The molecule has 0 spiro atoms. The van der Waals surface area contributed by atoms with Crippen molar-refractivity contribution in [2.45, 2.75) is 17.3 Å². The number of nitrogens with zero attached hydrogens (tertiary/aromatic N) is 2. The van der Waals surface area contributed by atoms with E-state index in [0.717, 1.165) is 22.5 Å². The molecule has 231 valence electrons. The quantitative estimate of drug-likeness (QED) is 0.100. The Morgan fingerprint density at radius 2 is 1.17 bits per heavy atom. The van der Waals surface area contributed by atoms with E-state index < -0.39 is 13.3 Å². The van der Waals surface area contributed by atoms with Gasteiger partial charge in [0.05, 0.1) is 0 Å². The van der Waals surface area contributed by atoms with Gasteiger partial charge in [-0.1, -0.05) is 30.3 Å². The second-order valence-electron chi connectivity index (χ2n) is 12.5. The van der Waals surface area contributed by atoms with Crippen LogP contribution >= 0.6 is 0 Å². The van der Waals surface area contributed by atoms with E-state index in [0.29, 0.717) is 0 Å². The van der Waals surface area contributed by atoms with E-state index in [1.54, 1.807) is 6.20 Å². The third kappa shape index (κ3) is 6.99. The second kappa shape index (κ2) is 14.2. The molecule has 0 fully saturated rings. The number of aromatic nitrogens is 2. The summed E-state index contributed by atoms with van der Waals surface area (Å²) in [5.74, 6) is 7.21. The fourth-order valence-electron chi connectivity index (χ4n) is 5.92. The largest absolute Gasteiger partial charge is 0.305 e. The molecule has 0 aliphatic carbocycles. The van der Waals surface area contributed by atoms with Crippen LogP contribution in [0.25, 0.3) is 66.0 Å². The van der Waals surface area contributed by atoms with E-state index in [9.17, 15) is 0 Å². The minimum atomic E-state index is -1.89. The topological polar surface area (TPSA) is 25.8 Å². The third-order valence-electron chi connectivity index (χ3n) is 8.43. The summed E-state index contributed by atoms with van der Waals surface area (Å²) in [6.45, 7) is 0. The van der Waals surface area contributed by atoms with Crippen molar-refractivity contribution in [3.05, 3.63) is 164 Å². The van der Waals surface area contributed by atoms with Crippen LogP contribution in [-0.4, -0.2) is 23.2 Å². The molecule has 0 aliphatic rings. The predicted molar refractivity (Wildman–Crippen MR) is 198 cm³/mol. The zero-order chi connectivity index (χ0) is 31.5. The van der Waals surface area contributed by atoms with Gasteiger partial charge in [0.1, 0.15) is 0 Å². The molecule has 0 atom stereocenters. The molecule has 8 aromatic rings. The molecule has 2 heterocycles. The maximum Gasteiger partial charge on any atom is 0.0160 e. The van der Waals surface area contributed by atoms with Crippen LogP contribution in [0.2, 0.25) is 17.3 Å². The molecule has 0 aliphatic heterocycles. The summed E-state index contributed by atoms with van der Waals surface area (Å²) < 4.78 is 1.42. The smallest absolute Gasteiger partial charge is 0.0160 e. The fourth-order valence-corrected chi connectivity index (χ4v) is 8.09. The van der Waals surface area contributed by atoms with E-state index in [4.69, 9.17) is 4.98 Å². The first-order chi connectivity index (χ1) is 22.5. The number of fused-ring (bicyclic) bond motifs is 6. The van der Waals surface area contributed by atoms with Crippen LogP contribution in [0, 0.1) is 12.1 Å². The first kappa shape index (κ1) is 32.5. The number of benzene rings is 6. The van der Waals surface area contributed by atoms with E-state index >= 15 is 0 Å². The second-order valence-corrected chi connectivity index (χ2v) is 23.2. The zero-order valence-electron chi connectivity index (χ0n) is 26.7. The predicted octanol–water partition coefficient (Wildman–Crippen LogP) is 10.8. The standard InChI is InChI=1S/C32H26GeN.C11H8N.Ir/c1-33(2,3)25-15-18-32(34-21-25)24-14-17-29-27-12-8-7-11-26(27)28-16-13-23(19-30(28)31(29)20-24)22-9-5-4-6-10-22;1-2-6-10(7-3-1)11-8-4-5-9-12-11;/h4-13,15-21H,1-3H3;1-6,8-9H;/q2*-1;. The van der Waals surface area contributed by atoms with Crippen LogP contribution in [0.15, 0.2) is 152 Å². The van der Waals surface area contributed by atoms with Crippen molar-refractivity contribution in [3.8, 4) is 33.6 Å². The molecule has 0 bridgehead atoms. The Balaban J connectivity index is 0.000000250. The van der Waals surface area contributed by atoms with Gasteiger partial charge < -0.3 is 4.98 Å². The van der Waals surface area contributed by atoms with Gasteiger partial charge in [0.2, 0.25) is 0 Å². The number of rotatable bonds is 4. The molecule has 0 saturated carbocycles. The number of hydrogen-bond acceptors (Lipinski definition) is 2. The molecule has 0 unspecified atom stereocenters. The summed E-state index contributed by atoms with van der Waals surface area (Å²) in [4.78, 5) is 9.06. The van der Waals surface area contributed by atoms with Gasteiger partial charge in [0.25, 0.3) is 0 Å². The van der Waals surface area contributed by atoms with Gasteiger partial charge in [-0.2, -0.15) is 0 Å². The summed E-state index contributed by atoms with van der Waals surface area (Å²) in [7, 11) is 0. The average Bonchev–Trinajstić information content (AvgIpc) is 3.12. The Morgan fingerprint density at radius 1 is 0.489 bits per heavy atom. The molecule has 8 rings (SSSR count). The molecule has 0 amide bonds. The molecule has 2 nitrogen and oxygen atoms in total. The van der Waals surface area contributed by atoms with Gasteiger partial charge in [0, 0.05) is 26.3 Å². The molecule has 0 saturated heterocycles.